The Morgan fingerprint density at radius 3 is 2.52 bits per heavy atom. The highest BCUT2D eigenvalue weighted by molar-refractivity contribution is 5.56. The van der Waals surface area contributed by atoms with Gasteiger partial charge in [0.05, 0.1) is 5.69 Å². The summed E-state index contributed by atoms with van der Waals surface area (Å²) in [6, 6.07) is 5.62. The molecule has 1 N–H and O–H groups in total. The van der Waals surface area contributed by atoms with Crippen LogP contribution in [0.15, 0.2) is 18.2 Å². The van der Waals surface area contributed by atoms with Crippen LogP contribution in [0, 0.1) is 11.7 Å². The number of hydrogen-bond acceptors (Lipinski definition) is 2. The zero-order valence-corrected chi connectivity index (χ0v) is 12.9. The minimum absolute atomic E-state index is 0.0837. The second kappa shape index (κ2) is 7.15. The fraction of sp³-hybridized carbons (Fsp3) is 0.667. The van der Waals surface area contributed by atoms with Gasteiger partial charge in [-0.2, -0.15) is 0 Å². The van der Waals surface area contributed by atoms with E-state index >= 15 is 0 Å². The van der Waals surface area contributed by atoms with Gasteiger partial charge in [0, 0.05) is 25.3 Å². The zero-order valence-electron chi connectivity index (χ0n) is 12.9. The minimum atomic E-state index is -0.0837. The maximum atomic E-state index is 14.2. The molecule has 2 fully saturated rings. The molecule has 3 rings (SSSR count). The molecule has 2 aliphatic rings. The van der Waals surface area contributed by atoms with Crippen molar-refractivity contribution in [1.82, 2.24) is 0 Å². The Bertz CT molecular complexity index is 449. The van der Waals surface area contributed by atoms with Crippen molar-refractivity contribution in [2.45, 2.75) is 51.4 Å². The molecule has 21 heavy (non-hydrogen) atoms. The first-order valence-corrected chi connectivity index (χ1v) is 8.61. The quantitative estimate of drug-likeness (QED) is 0.837. The lowest BCUT2D eigenvalue weighted by Gasteiger charge is -2.22. The van der Waals surface area contributed by atoms with Gasteiger partial charge in [-0.3, -0.25) is 0 Å². The van der Waals surface area contributed by atoms with Crippen LogP contribution in [0.4, 0.5) is 15.8 Å². The number of hydrogen-bond donors (Lipinski definition) is 1. The number of halogens is 1. The van der Waals surface area contributed by atoms with Gasteiger partial charge in [-0.25, -0.2) is 4.39 Å². The molecule has 0 bridgehead atoms. The molecular weight excluding hydrogens is 263 g/mol. The molecular formula is C18H27FN2. The van der Waals surface area contributed by atoms with Gasteiger partial charge in [0.15, 0.2) is 0 Å². The van der Waals surface area contributed by atoms with E-state index in [9.17, 15) is 4.39 Å². The van der Waals surface area contributed by atoms with E-state index in [4.69, 9.17) is 0 Å². The second-order valence-corrected chi connectivity index (χ2v) is 6.58. The summed E-state index contributed by atoms with van der Waals surface area (Å²) in [5.41, 5.74) is 1.69. The van der Waals surface area contributed by atoms with Crippen molar-refractivity contribution in [2.75, 3.05) is 29.9 Å². The van der Waals surface area contributed by atoms with Gasteiger partial charge in [-0.1, -0.05) is 32.1 Å². The van der Waals surface area contributed by atoms with Crippen molar-refractivity contribution >= 4 is 11.4 Å². The average molecular weight is 290 g/mol. The Morgan fingerprint density at radius 1 is 1.05 bits per heavy atom. The number of rotatable bonds is 5. The number of anilines is 2. The number of benzene rings is 1. The molecule has 1 aromatic rings. The molecule has 2 nitrogen and oxygen atoms in total. The summed E-state index contributed by atoms with van der Waals surface area (Å²) in [6.07, 6.45) is 10.5. The largest absolute Gasteiger partial charge is 0.385 e. The summed E-state index contributed by atoms with van der Waals surface area (Å²) < 4.78 is 14.2. The maximum Gasteiger partial charge on any atom is 0.148 e. The molecule has 3 heteroatoms. The molecule has 1 aromatic carbocycles. The summed E-state index contributed by atoms with van der Waals surface area (Å²) >= 11 is 0. The third-order valence-electron chi connectivity index (χ3n) is 5.00. The molecule has 1 heterocycles. The van der Waals surface area contributed by atoms with E-state index in [0.29, 0.717) is 0 Å². The van der Waals surface area contributed by atoms with Crippen LogP contribution in [0.1, 0.15) is 51.4 Å². The fourth-order valence-corrected chi connectivity index (χ4v) is 3.73. The highest BCUT2D eigenvalue weighted by Gasteiger charge is 2.16. The van der Waals surface area contributed by atoms with Crippen LogP contribution in [0.2, 0.25) is 0 Å². The lowest BCUT2D eigenvalue weighted by Crippen LogP contribution is -2.19. The van der Waals surface area contributed by atoms with Crippen molar-refractivity contribution in [3.8, 4) is 0 Å². The summed E-state index contributed by atoms with van der Waals surface area (Å²) in [5, 5.41) is 3.39. The highest BCUT2D eigenvalue weighted by Crippen LogP contribution is 2.28. The predicted octanol–water partition coefficient (Wildman–Crippen LogP) is 4.81. The molecule has 0 spiro atoms. The monoisotopic (exact) mass is 290 g/mol. The molecule has 0 amide bonds. The van der Waals surface area contributed by atoms with Gasteiger partial charge in [-0.15, -0.1) is 0 Å². The van der Waals surface area contributed by atoms with Crippen molar-refractivity contribution in [1.29, 1.82) is 0 Å². The van der Waals surface area contributed by atoms with Crippen molar-refractivity contribution in [2.24, 2.45) is 5.92 Å². The van der Waals surface area contributed by atoms with Crippen LogP contribution in [-0.4, -0.2) is 19.6 Å². The predicted molar refractivity (Wildman–Crippen MR) is 87.5 cm³/mol. The van der Waals surface area contributed by atoms with Crippen LogP contribution in [0.5, 0.6) is 0 Å². The lowest BCUT2D eigenvalue weighted by molar-refractivity contribution is 0.345. The molecule has 0 atom stereocenters. The number of nitrogens with one attached hydrogen (secondary N) is 1. The first-order chi connectivity index (χ1) is 10.3. The molecule has 0 radical (unpaired) electrons. The smallest absolute Gasteiger partial charge is 0.148 e. The molecule has 1 aliphatic carbocycles. The van der Waals surface area contributed by atoms with Crippen LogP contribution in [0.25, 0.3) is 0 Å². The molecule has 1 saturated carbocycles. The van der Waals surface area contributed by atoms with Crippen LogP contribution >= 0.6 is 0 Å². The summed E-state index contributed by atoms with van der Waals surface area (Å²) in [7, 11) is 0. The average Bonchev–Trinajstić information content (AvgIpc) is 3.02. The standard InChI is InChI=1S/C18H27FN2/c19-17-14-16(8-9-18(17)21-12-4-5-13-21)20-11-10-15-6-2-1-3-7-15/h8-9,14-15,20H,1-7,10-13H2. The van der Waals surface area contributed by atoms with E-state index in [2.05, 4.69) is 10.2 Å². The van der Waals surface area contributed by atoms with Gasteiger partial charge >= 0.3 is 0 Å². The molecule has 0 aromatic heterocycles. The van der Waals surface area contributed by atoms with Crippen molar-refractivity contribution in [3.63, 3.8) is 0 Å². The fourth-order valence-electron chi connectivity index (χ4n) is 3.73. The first-order valence-electron chi connectivity index (χ1n) is 8.61. The SMILES string of the molecule is Fc1cc(NCCC2CCCCC2)ccc1N1CCCC1. The Kier molecular flexibility index (Phi) is 5.00. The Hall–Kier alpha value is -1.25. The normalized spacial score (nSPS) is 20.0. The maximum absolute atomic E-state index is 14.2. The van der Waals surface area contributed by atoms with Crippen LogP contribution in [-0.2, 0) is 0 Å². The summed E-state index contributed by atoms with van der Waals surface area (Å²) in [6.45, 7) is 2.95. The van der Waals surface area contributed by atoms with Crippen molar-refractivity contribution < 1.29 is 4.39 Å². The van der Waals surface area contributed by atoms with Gasteiger partial charge in [-0.05, 0) is 43.4 Å². The number of nitrogens with zero attached hydrogens (tertiary/aromatic N) is 1. The topological polar surface area (TPSA) is 15.3 Å². The molecule has 0 unspecified atom stereocenters. The van der Waals surface area contributed by atoms with E-state index in [1.165, 1.54) is 51.4 Å². The molecule has 1 saturated heterocycles. The van der Waals surface area contributed by atoms with Gasteiger partial charge in [0.1, 0.15) is 5.82 Å². The Morgan fingerprint density at radius 2 is 1.81 bits per heavy atom. The summed E-state index contributed by atoms with van der Waals surface area (Å²) in [4.78, 5) is 2.15. The van der Waals surface area contributed by atoms with E-state index < -0.39 is 0 Å². The first kappa shape index (κ1) is 14.7. The van der Waals surface area contributed by atoms with E-state index in [-0.39, 0.29) is 5.82 Å². The van der Waals surface area contributed by atoms with Gasteiger partial charge in [0.2, 0.25) is 0 Å². The van der Waals surface area contributed by atoms with E-state index in [0.717, 1.165) is 36.9 Å². The second-order valence-electron chi connectivity index (χ2n) is 6.58. The van der Waals surface area contributed by atoms with Crippen LogP contribution < -0.4 is 10.2 Å². The Labute approximate surface area is 127 Å². The van der Waals surface area contributed by atoms with Gasteiger partial charge < -0.3 is 10.2 Å². The molecule has 116 valence electrons. The summed E-state index contributed by atoms with van der Waals surface area (Å²) in [5.74, 6) is 0.791. The van der Waals surface area contributed by atoms with E-state index in [1.807, 2.05) is 12.1 Å². The Balaban J connectivity index is 1.50. The van der Waals surface area contributed by atoms with Crippen LogP contribution in [0.3, 0.4) is 0 Å². The van der Waals surface area contributed by atoms with Crippen molar-refractivity contribution in [3.05, 3.63) is 24.0 Å². The van der Waals surface area contributed by atoms with Gasteiger partial charge in [0.25, 0.3) is 0 Å². The van der Waals surface area contributed by atoms with E-state index in [1.54, 1.807) is 6.07 Å². The molecule has 1 aliphatic heterocycles. The highest BCUT2D eigenvalue weighted by atomic mass is 19.1. The third-order valence-corrected chi connectivity index (χ3v) is 5.00. The lowest BCUT2D eigenvalue weighted by atomic mass is 9.87. The minimum Gasteiger partial charge on any atom is -0.385 e. The third kappa shape index (κ3) is 3.90. The zero-order chi connectivity index (χ0) is 14.5.